The highest BCUT2D eigenvalue weighted by Crippen LogP contribution is 2.21. The second-order valence-corrected chi connectivity index (χ2v) is 7.57. The Kier molecular flexibility index (Phi) is 7.11. The number of carbonyl (C=O) groups is 1. The summed E-state index contributed by atoms with van der Waals surface area (Å²) in [5, 5.41) is 11.9. The molecule has 4 N–H and O–H groups in total. The number of fused-ring (bicyclic) bond motifs is 1. The Morgan fingerprint density at radius 3 is 2.58 bits per heavy atom. The van der Waals surface area contributed by atoms with Crippen molar-refractivity contribution in [3.05, 3.63) is 66.6 Å². The van der Waals surface area contributed by atoms with Gasteiger partial charge in [-0.1, -0.05) is 12.1 Å². The predicted molar refractivity (Wildman–Crippen MR) is 126 cm³/mol. The molecule has 2 heterocycles. The number of rotatable bonds is 11. The van der Waals surface area contributed by atoms with Crippen molar-refractivity contribution in [1.82, 2.24) is 19.5 Å². The quantitative estimate of drug-likeness (QED) is 0.298. The largest absolute Gasteiger partial charge is 0.494 e. The van der Waals surface area contributed by atoms with Crippen molar-refractivity contribution in [2.45, 2.75) is 25.7 Å². The fraction of sp³-hybridized carbons (Fsp3) is 0.250. The maximum absolute atomic E-state index is 10.6. The van der Waals surface area contributed by atoms with E-state index in [1.54, 1.807) is 12.5 Å². The summed E-state index contributed by atoms with van der Waals surface area (Å²) in [5.74, 6) is 0.342. The number of nitrogens with one attached hydrogen (secondary N) is 1. The van der Waals surface area contributed by atoms with E-state index in [0.29, 0.717) is 42.4 Å². The number of carboxylic acids is 1. The zero-order chi connectivity index (χ0) is 23.0. The average molecular weight is 447 g/mol. The minimum absolute atomic E-state index is 0.0909. The van der Waals surface area contributed by atoms with E-state index < -0.39 is 5.97 Å². The van der Waals surface area contributed by atoms with Gasteiger partial charge in [-0.05, 0) is 67.8 Å². The van der Waals surface area contributed by atoms with Gasteiger partial charge in [0.2, 0.25) is 5.95 Å². The highest BCUT2D eigenvalue weighted by atomic mass is 16.5. The molecular formula is C24H26N6O3. The van der Waals surface area contributed by atoms with Gasteiger partial charge in [0.15, 0.2) is 5.65 Å². The molecule has 0 atom stereocenters. The van der Waals surface area contributed by atoms with Gasteiger partial charge >= 0.3 is 5.97 Å². The summed E-state index contributed by atoms with van der Waals surface area (Å²) in [6.07, 6.45) is 5.88. The van der Waals surface area contributed by atoms with Crippen LogP contribution in [0.4, 0.5) is 11.6 Å². The highest BCUT2D eigenvalue weighted by molar-refractivity contribution is 5.74. The topological polar surface area (TPSA) is 128 Å². The fourth-order valence-electron chi connectivity index (χ4n) is 3.37. The zero-order valence-electron chi connectivity index (χ0n) is 18.1. The Morgan fingerprint density at radius 2 is 1.85 bits per heavy atom. The van der Waals surface area contributed by atoms with E-state index in [1.807, 2.05) is 41.0 Å². The predicted octanol–water partition coefficient (Wildman–Crippen LogP) is 3.69. The number of anilines is 2. The van der Waals surface area contributed by atoms with Crippen LogP contribution in [0.25, 0.3) is 16.9 Å². The minimum Gasteiger partial charge on any atom is -0.494 e. The number of hydrogen-bond donors (Lipinski definition) is 3. The first-order valence-electron chi connectivity index (χ1n) is 10.8. The lowest BCUT2D eigenvalue weighted by atomic mass is 10.1. The summed E-state index contributed by atoms with van der Waals surface area (Å²) in [6.45, 7) is 1.04. The molecule has 0 unspecified atom stereocenters. The Hall–Kier alpha value is -3.98. The van der Waals surface area contributed by atoms with E-state index >= 15 is 0 Å². The summed E-state index contributed by atoms with van der Waals surface area (Å²) in [4.78, 5) is 24.0. The van der Waals surface area contributed by atoms with E-state index in [-0.39, 0.29) is 6.42 Å². The van der Waals surface area contributed by atoms with Crippen LogP contribution in [0.3, 0.4) is 0 Å². The van der Waals surface area contributed by atoms with Gasteiger partial charge in [0.1, 0.15) is 17.6 Å². The molecule has 4 aromatic rings. The Labute approximate surface area is 191 Å². The number of aryl methyl sites for hydroxylation is 1. The van der Waals surface area contributed by atoms with E-state index in [4.69, 9.17) is 15.6 Å². The van der Waals surface area contributed by atoms with Crippen LogP contribution in [0.2, 0.25) is 0 Å². The summed E-state index contributed by atoms with van der Waals surface area (Å²) < 4.78 is 7.48. The van der Waals surface area contributed by atoms with Crippen LogP contribution < -0.4 is 15.8 Å². The van der Waals surface area contributed by atoms with Crippen molar-refractivity contribution < 1.29 is 14.6 Å². The number of hydrogen-bond acceptors (Lipinski definition) is 7. The molecular weight excluding hydrogens is 420 g/mol. The molecule has 0 fully saturated rings. The van der Waals surface area contributed by atoms with Crippen LogP contribution in [0.15, 0.2) is 61.1 Å². The Balaban J connectivity index is 1.46. The maximum Gasteiger partial charge on any atom is 0.303 e. The second kappa shape index (κ2) is 10.6. The summed E-state index contributed by atoms with van der Waals surface area (Å²) in [5.41, 5.74) is 9.98. The first-order valence-corrected chi connectivity index (χ1v) is 10.8. The maximum atomic E-state index is 10.6. The molecule has 33 heavy (non-hydrogen) atoms. The first kappa shape index (κ1) is 22.2. The van der Waals surface area contributed by atoms with E-state index in [9.17, 15) is 4.79 Å². The zero-order valence-corrected chi connectivity index (χ0v) is 18.1. The Morgan fingerprint density at radius 1 is 1.06 bits per heavy atom. The van der Waals surface area contributed by atoms with Crippen LogP contribution in [0.5, 0.6) is 5.75 Å². The molecule has 0 radical (unpaired) electrons. The molecule has 0 bridgehead atoms. The molecule has 0 saturated heterocycles. The van der Waals surface area contributed by atoms with Crippen molar-refractivity contribution in [3.8, 4) is 11.4 Å². The number of benzene rings is 2. The lowest BCUT2D eigenvalue weighted by Gasteiger charge is -2.09. The normalized spacial score (nSPS) is 10.9. The smallest absolute Gasteiger partial charge is 0.303 e. The fourth-order valence-corrected chi connectivity index (χ4v) is 3.37. The van der Waals surface area contributed by atoms with Crippen molar-refractivity contribution in [1.29, 1.82) is 0 Å². The van der Waals surface area contributed by atoms with E-state index in [1.165, 1.54) is 5.56 Å². The summed E-state index contributed by atoms with van der Waals surface area (Å²) in [6, 6.07) is 15.7. The number of aromatic nitrogens is 4. The van der Waals surface area contributed by atoms with Gasteiger partial charge in [0.05, 0.1) is 12.8 Å². The summed E-state index contributed by atoms with van der Waals surface area (Å²) >= 11 is 0. The van der Waals surface area contributed by atoms with Crippen LogP contribution in [-0.2, 0) is 11.2 Å². The SMILES string of the molecule is NCCCc1ccc(Nc2ncc3ncn(-c4ccc(OCCCC(=O)O)cc4)c3n2)cc1. The minimum atomic E-state index is -0.823. The van der Waals surface area contributed by atoms with E-state index in [0.717, 1.165) is 24.2 Å². The van der Waals surface area contributed by atoms with Crippen LogP contribution in [0, 0.1) is 0 Å². The molecule has 0 spiro atoms. The molecule has 4 rings (SSSR count). The second-order valence-electron chi connectivity index (χ2n) is 7.57. The molecule has 0 saturated carbocycles. The third-order valence-electron chi connectivity index (χ3n) is 5.09. The number of aliphatic carboxylic acids is 1. The van der Waals surface area contributed by atoms with Crippen LogP contribution >= 0.6 is 0 Å². The van der Waals surface area contributed by atoms with Crippen molar-refractivity contribution in [2.24, 2.45) is 5.73 Å². The van der Waals surface area contributed by atoms with Gasteiger partial charge in [-0.2, -0.15) is 4.98 Å². The van der Waals surface area contributed by atoms with Gasteiger partial charge in [0, 0.05) is 17.8 Å². The number of imidazole rings is 1. The highest BCUT2D eigenvalue weighted by Gasteiger charge is 2.09. The third-order valence-corrected chi connectivity index (χ3v) is 5.09. The molecule has 0 aliphatic heterocycles. The molecule has 9 nitrogen and oxygen atoms in total. The van der Waals surface area contributed by atoms with Crippen LogP contribution in [-0.4, -0.2) is 43.7 Å². The molecule has 0 aliphatic rings. The lowest BCUT2D eigenvalue weighted by molar-refractivity contribution is -0.137. The van der Waals surface area contributed by atoms with Crippen molar-refractivity contribution in [2.75, 3.05) is 18.5 Å². The van der Waals surface area contributed by atoms with Crippen molar-refractivity contribution >= 4 is 28.8 Å². The number of nitrogens with two attached hydrogens (primary N) is 1. The Bertz CT molecular complexity index is 1210. The third kappa shape index (κ3) is 5.83. The number of ether oxygens (including phenoxy) is 1. The molecule has 2 aromatic carbocycles. The molecule has 170 valence electrons. The van der Waals surface area contributed by atoms with Gasteiger partial charge in [-0.3, -0.25) is 9.36 Å². The van der Waals surface area contributed by atoms with Gasteiger partial charge in [0.25, 0.3) is 0 Å². The summed E-state index contributed by atoms with van der Waals surface area (Å²) in [7, 11) is 0. The standard InChI is InChI=1S/C24H26N6O3/c25-13-1-3-17-5-7-18(8-6-17)28-24-26-15-21-23(29-24)30(16-27-21)19-9-11-20(12-10-19)33-14-2-4-22(31)32/h5-12,15-16H,1-4,13-14,25H2,(H,31,32)(H,26,28,29). The molecule has 2 aromatic heterocycles. The van der Waals surface area contributed by atoms with E-state index in [2.05, 4.69) is 32.4 Å². The van der Waals surface area contributed by atoms with Crippen molar-refractivity contribution in [3.63, 3.8) is 0 Å². The number of carboxylic acid groups (broad SMARTS) is 1. The van der Waals surface area contributed by atoms with Gasteiger partial charge in [-0.25, -0.2) is 9.97 Å². The molecule has 0 amide bonds. The van der Waals surface area contributed by atoms with Gasteiger partial charge < -0.3 is 20.9 Å². The first-order chi connectivity index (χ1) is 16.1. The monoisotopic (exact) mass is 446 g/mol. The average Bonchev–Trinajstić information content (AvgIpc) is 3.25. The van der Waals surface area contributed by atoms with Crippen LogP contribution in [0.1, 0.15) is 24.8 Å². The lowest BCUT2D eigenvalue weighted by Crippen LogP contribution is -2.02. The number of nitrogens with zero attached hydrogens (tertiary/aromatic N) is 4. The molecule has 9 heteroatoms. The molecule has 0 aliphatic carbocycles. The van der Waals surface area contributed by atoms with Gasteiger partial charge in [-0.15, -0.1) is 0 Å².